The van der Waals surface area contributed by atoms with Crippen LogP contribution in [-0.4, -0.2) is 24.0 Å². The number of likely N-dealkylation sites (tertiary alicyclic amines) is 1. The van der Waals surface area contributed by atoms with Crippen molar-refractivity contribution in [1.29, 1.82) is 0 Å². The van der Waals surface area contributed by atoms with E-state index in [2.05, 4.69) is 4.90 Å². The van der Waals surface area contributed by atoms with E-state index in [1.165, 1.54) is 25.0 Å². The first kappa shape index (κ1) is 18.8. The normalized spacial score (nSPS) is 23.4. The smallest absolute Gasteiger partial charge is 0.300 e. The standard InChI is InChI=1S/C22H23ClF3N/c23-18-5-3-4-15(12-18)13-20-19-14-17(22(24,25)26)8-6-16(19)7-9-21(20)27-10-1-2-11-27/h3-6,8,12,14,20-21H,1-2,7,9-11,13H2/t20-,21+/m0/s1. The van der Waals surface area contributed by atoms with Gasteiger partial charge in [-0.25, -0.2) is 0 Å². The zero-order valence-electron chi connectivity index (χ0n) is 15.1. The number of fused-ring (bicyclic) bond motifs is 1. The van der Waals surface area contributed by atoms with E-state index in [0.717, 1.165) is 49.0 Å². The van der Waals surface area contributed by atoms with E-state index in [4.69, 9.17) is 11.6 Å². The van der Waals surface area contributed by atoms with E-state index in [9.17, 15) is 13.2 Å². The van der Waals surface area contributed by atoms with Crippen molar-refractivity contribution >= 4 is 11.6 Å². The topological polar surface area (TPSA) is 3.24 Å². The summed E-state index contributed by atoms with van der Waals surface area (Å²) in [5, 5.41) is 0.672. The van der Waals surface area contributed by atoms with Crippen LogP contribution in [0.4, 0.5) is 13.2 Å². The fourth-order valence-corrected chi connectivity index (χ4v) is 4.94. The molecule has 2 aromatic rings. The lowest BCUT2D eigenvalue weighted by atomic mass is 9.75. The summed E-state index contributed by atoms with van der Waals surface area (Å²) in [5.74, 6) is 0.0626. The zero-order chi connectivity index (χ0) is 19.0. The van der Waals surface area contributed by atoms with Crippen molar-refractivity contribution in [2.75, 3.05) is 13.1 Å². The minimum atomic E-state index is -4.31. The SMILES string of the molecule is FC(F)(F)c1ccc2c(c1)[C@H](Cc1cccc(Cl)c1)[C@H](N1CCCC1)CC2. The monoisotopic (exact) mass is 393 g/mol. The fourth-order valence-electron chi connectivity index (χ4n) is 4.73. The van der Waals surface area contributed by atoms with Gasteiger partial charge in [0.1, 0.15) is 0 Å². The van der Waals surface area contributed by atoms with Gasteiger partial charge < -0.3 is 0 Å². The van der Waals surface area contributed by atoms with Crippen molar-refractivity contribution in [2.24, 2.45) is 0 Å². The summed E-state index contributed by atoms with van der Waals surface area (Å²) >= 11 is 6.15. The maximum Gasteiger partial charge on any atom is 0.416 e. The van der Waals surface area contributed by atoms with Gasteiger partial charge in [0, 0.05) is 17.0 Å². The van der Waals surface area contributed by atoms with Gasteiger partial charge in [-0.05, 0) is 86.1 Å². The molecule has 0 radical (unpaired) electrons. The van der Waals surface area contributed by atoms with Crippen molar-refractivity contribution in [1.82, 2.24) is 4.90 Å². The average molecular weight is 394 g/mol. The van der Waals surface area contributed by atoms with Crippen LogP contribution in [0.5, 0.6) is 0 Å². The van der Waals surface area contributed by atoms with Gasteiger partial charge in [0.05, 0.1) is 5.56 Å². The van der Waals surface area contributed by atoms with Crippen molar-refractivity contribution in [3.63, 3.8) is 0 Å². The maximum atomic E-state index is 13.3. The van der Waals surface area contributed by atoms with Gasteiger partial charge in [-0.15, -0.1) is 0 Å². The predicted molar refractivity (Wildman–Crippen MR) is 102 cm³/mol. The van der Waals surface area contributed by atoms with E-state index >= 15 is 0 Å². The second-order valence-electron chi connectivity index (χ2n) is 7.70. The Hall–Kier alpha value is -1.52. The second kappa shape index (κ2) is 7.48. The van der Waals surface area contributed by atoms with E-state index in [0.29, 0.717) is 11.1 Å². The molecular weight excluding hydrogens is 371 g/mol. The molecule has 144 valence electrons. The number of halogens is 4. The Morgan fingerprint density at radius 2 is 1.81 bits per heavy atom. The number of rotatable bonds is 3. The molecule has 1 aliphatic heterocycles. The third-order valence-corrected chi connectivity index (χ3v) is 6.24. The first-order valence-electron chi connectivity index (χ1n) is 9.60. The minimum Gasteiger partial charge on any atom is -0.300 e. The van der Waals surface area contributed by atoms with Crippen LogP contribution in [0, 0.1) is 0 Å². The first-order valence-corrected chi connectivity index (χ1v) is 9.98. The minimum absolute atomic E-state index is 0.0626. The molecule has 0 bridgehead atoms. The molecular formula is C22H23ClF3N. The molecule has 1 saturated heterocycles. The molecule has 0 saturated carbocycles. The second-order valence-corrected chi connectivity index (χ2v) is 8.14. The van der Waals surface area contributed by atoms with Gasteiger partial charge in [-0.3, -0.25) is 4.90 Å². The molecule has 0 aromatic heterocycles. The molecule has 1 fully saturated rings. The lowest BCUT2D eigenvalue weighted by Crippen LogP contribution is -2.41. The first-order chi connectivity index (χ1) is 12.9. The van der Waals surface area contributed by atoms with E-state index in [1.807, 2.05) is 24.3 Å². The van der Waals surface area contributed by atoms with Gasteiger partial charge in [-0.2, -0.15) is 13.2 Å². The summed E-state index contributed by atoms with van der Waals surface area (Å²) in [6.07, 6.45) is 0.613. The van der Waals surface area contributed by atoms with Crippen molar-refractivity contribution < 1.29 is 13.2 Å². The Balaban J connectivity index is 1.74. The summed E-state index contributed by atoms with van der Waals surface area (Å²) in [6, 6.07) is 12.3. The number of aryl methyl sites for hydroxylation is 1. The highest BCUT2D eigenvalue weighted by atomic mass is 35.5. The third-order valence-electron chi connectivity index (χ3n) is 6.00. The van der Waals surface area contributed by atoms with Crippen LogP contribution in [0.15, 0.2) is 42.5 Å². The van der Waals surface area contributed by atoms with Crippen LogP contribution in [0.1, 0.15) is 47.4 Å². The quantitative estimate of drug-likeness (QED) is 0.609. The number of alkyl halides is 3. The van der Waals surface area contributed by atoms with Gasteiger partial charge in [-0.1, -0.05) is 29.8 Å². The van der Waals surface area contributed by atoms with Gasteiger partial charge in [0.2, 0.25) is 0 Å². The Morgan fingerprint density at radius 1 is 1.04 bits per heavy atom. The average Bonchev–Trinajstić information content (AvgIpc) is 3.15. The number of hydrogen-bond donors (Lipinski definition) is 0. The molecule has 27 heavy (non-hydrogen) atoms. The molecule has 1 aliphatic carbocycles. The molecule has 2 atom stereocenters. The largest absolute Gasteiger partial charge is 0.416 e. The summed E-state index contributed by atoms with van der Waals surface area (Å²) in [7, 11) is 0. The van der Waals surface area contributed by atoms with Gasteiger partial charge in [0.15, 0.2) is 0 Å². The van der Waals surface area contributed by atoms with Gasteiger partial charge >= 0.3 is 6.18 Å². The summed E-state index contributed by atoms with van der Waals surface area (Å²) in [6.45, 7) is 2.09. The molecule has 0 amide bonds. The van der Waals surface area contributed by atoms with Crippen molar-refractivity contribution in [3.8, 4) is 0 Å². The summed E-state index contributed by atoms with van der Waals surface area (Å²) in [5.41, 5.74) is 2.47. The predicted octanol–water partition coefficient (Wildman–Crippen LogP) is 6.10. The van der Waals surface area contributed by atoms with Crippen molar-refractivity contribution in [3.05, 3.63) is 69.7 Å². The third kappa shape index (κ3) is 4.02. The zero-order valence-corrected chi connectivity index (χ0v) is 15.9. The van der Waals surface area contributed by atoms with E-state index in [1.54, 1.807) is 6.07 Å². The molecule has 1 heterocycles. The van der Waals surface area contributed by atoms with Crippen LogP contribution in [0.25, 0.3) is 0 Å². The van der Waals surface area contributed by atoms with Crippen LogP contribution in [-0.2, 0) is 19.0 Å². The molecule has 0 unspecified atom stereocenters. The highest BCUT2D eigenvalue weighted by molar-refractivity contribution is 6.30. The Labute approximate surface area is 163 Å². The Kier molecular flexibility index (Phi) is 5.21. The lowest BCUT2D eigenvalue weighted by Gasteiger charge is -2.40. The number of nitrogens with zero attached hydrogens (tertiary/aromatic N) is 1. The highest BCUT2D eigenvalue weighted by Gasteiger charge is 2.37. The Morgan fingerprint density at radius 3 is 2.52 bits per heavy atom. The van der Waals surface area contributed by atoms with E-state index < -0.39 is 11.7 Å². The van der Waals surface area contributed by atoms with Crippen LogP contribution < -0.4 is 0 Å². The summed E-state index contributed by atoms with van der Waals surface area (Å²) < 4.78 is 40.0. The van der Waals surface area contributed by atoms with Gasteiger partial charge in [0.25, 0.3) is 0 Å². The van der Waals surface area contributed by atoms with Crippen LogP contribution in [0.3, 0.4) is 0 Å². The molecule has 2 aromatic carbocycles. The number of benzene rings is 2. The molecule has 0 N–H and O–H groups in total. The molecule has 1 nitrogen and oxygen atoms in total. The molecule has 5 heteroatoms. The number of hydrogen-bond acceptors (Lipinski definition) is 1. The van der Waals surface area contributed by atoms with Crippen LogP contribution >= 0.6 is 11.6 Å². The lowest BCUT2D eigenvalue weighted by molar-refractivity contribution is -0.137. The highest BCUT2D eigenvalue weighted by Crippen LogP contribution is 2.41. The van der Waals surface area contributed by atoms with Crippen molar-refractivity contribution in [2.45, 2.75) is 50.2 Å². The maximum absolute atomic E-state index is 13.3. The fraction of sp³-hybridized carbons (Fsp3) is 0.455. The van der Waals surface area contributed by atoms with Crippen LogP contribution in [0.2, 0.25) is 5.02 Å². The summed E-state index contributed by atoms with van der Waals surface area (Å²) in [4.78, 5) is 2.48. The van der Waals surface area contributed by atoms with E-state index in [-0.39, 0.29) is 5.92 Å². The molecule has 2 aliphatic rings. The molecule has 4 rings (SSSR count). The Bertz CT molecular complexity index is 811. The molecule has 0 spiro atoms.